The maximum atomic E-state index is 12.7. The van der Waals surface area contributed by atoms with E-state index in [1.54, 1.807) is 12.2 Å². The molecule has 2 rings (SSSR count). The molecule has 0 aromatic heterocycles. The first kappa shape index (κ1) is 30.5. The molecule has 0 aliphatic heterocycles. The smallest absolute Gasteiger partial charge is 0.309 e. The molecule has 204 valence electrons. The predicted molar refractivity (Wildman–Crippen MR) is 149 cm³/mol. The summed E-state index contributed by atoms with van der Waals surface area (Å²) in [6, 6.07) is 18.9. The van der Waals surface area contributed by atoms with E-state index in [1.165, 1.54) is 0 Å². The number of aliphatic hydroxyl groups excluding tert-OH is 1. The SMILES string of the molecule is C=CCC[C@H](Cc1ccccc1)C(=O)OCCNC(=O)[C@H](CC=C)CC(=O)N[C@@H](CO)Cc1ccccc1. The highest BCUT2D eigenvalue weighted by Crippen LogP contribution is 2.16. The van der Waals surface area contributed by atoms with Crippen molar-refractivity contribution in [3.8, 4) is 0 Å². The molecule has 0 spiro atoms. The van der Waals surface area contributed by atoms with E-state index in [-0.39, 0.29) is 49.9 Å². The number of nitrogens with one attached hydrogen (secondary N) is 2. The maximum Gasteiger partial charge on any atom is 0.309 e. The second kappa shape index (κ2) is 17.7. The number of rotatable bonds is 18. The minimum atomic E-state index is -0.613. The van der Waals surface area contributed by atoms with E-state index in [9.17, 15) is 19.5 Å². The van der Waals surface area contributed by atoms with E-state index in [0.717, 1.165) is 11.1 Å². The maximum absolute atomic E-state index is 12.7. The molecule has 0 bridgehead atoms. The molecule has 0 radical (unpaired) electrons. The molecule has 7 nitrogen and oxygen atoms in total. The number of hydrogen-bond donors (Lipinski definition) is 3. The zero-order valence-electron chi connectivity index (χ0n) is 22.0. The lowest BCUT2D eigenvalue weighted by molar-refractivity contribution is -0.149. The van der Waals surface area contributed by atoms with Gasteiger partial charge < -0.3 is 20.5 Å². The van der Waals surface area contributed by atoms with Crippen LogP contribution >= 0.6 is 0 Å². The van der Waals surface area contributed by atoms with Crippen LogP contribution < -0.4 is 10.6 Å². The first-order chi connectivity index (χ1) is 18.5. The molecule has 0 aliphatic rings. The van der Waals surface area contributed by atoms with Gasteiger partial charge in [0.05, 0.1) is 31.0 Å². The third-order valence-corrected chi connectivity index (χ3v) is 6.19. The van der Waals surface area contributed by atoms with E-state index in [1.807, 2.05) is 60.7 Å². The lowest BCUT2D eigenvalue weighted by Crippen LogP contribution is -2.42. The minimum Gasteiger partial charge on any atom is -0.464 e. The van der Waals surface area contributed by atoms with Crippen LogP contribution in [-0.4, -0.2) is 48.7 Å². The summed E-state index contributed by atoms with van der Waals surface area (Å²) in [5.74, 6) is -1.84. The molecule has 0 unspecified atom stereocenters. The van der Waals surface area contributed by atoms with Crippen LogP contribution in [0.15, 0.2) is 86.0 Å². The van der Waals surface area contributed by atoms with Crippen LogP contribution in [0.1, 0.15) is 36.8 Å². The summed E-state index contributed by atoms with van der Waals surface area (Å²) in [5, 5.41) is 15.3. The first-order valence-electron chi connectivity index (χ1n) is 13.1. The Kier molecular flexibility index (Phi) is 14.2. The Morgan fingerprint density at radius 2 is 1.53 bits per heavy atom. The number of benzene rings is 2. The summed E-state index contributed by atoms with van der Waals surface area (Å²) in [5.41, 5.74) is 2.06. The molecular formula is C31H40N2O5. The number of amides is 2. The molecule has 0 heterocycles. The number of ether oxygens (including phenoxy) is 1. The van der Waals surface area contributed by atoms with Gasteiger partial charge in [0.1, 0.15) is 6.61 Å². The number of aliphatic hydroxyl groups is 1. The van der Waals surface area contributed by atoms with Gasteiger partial charge in [-0.1, -0.05) is 72.8 Å². The summed E-state index contributed by atoms with van der Waals surface area (Å²) >= 11 is 0. The highest BCUT2D eigenvalue weighted by molar-refractivity contribution is 5.86. The van der Waals surface area contributed by atoms with Crippen molar-refractivity contribution in [1.29, 1.82) is 0 Å². The van der Waals surface area contributed by atoms with Gasteiger partial charge in [-0.3, -0.25) is 14.4 Å². The number of carbonyl (C=O) groups excluding carboxylic acids is 3. The first-order valence-corrected chi connectivity index (χ1v) is 13.1. The Hall–Kier alpha value is -3.71. The molecule has 38 heavy (non-hydrogen) atoms. The van der Waals surface area contributed by atoms with Crippen molar-refractivity contribution in [3.63, 3.8) is 0 Å². The molecule has 2 aromatic carbocycles. The van der Waals surface area contributed by atoms with Crippen LogP contribution in [0, 0.1) is 11.8 Å². The topological polar surface area (TPSA) is 105 Å². The van der Waals surface area contributed by atoms with Crippen molar-refractivity contribution in [2.45, 2.75) is 44.6 Å². The van der Waals surface area contributed by atoms with Crippen molar-refractivity contribution in [2.75, 3.05) is 19.8 Å². The third kappa shape index (κ3) is 11.6. The monoisotopic (exact) mass is 520 g/mol. The third-order valence-electron chi connectivity index (χ3n) is 6.19. The zero-order valence-corrected chi connectivity index (χ0v) is 22.0. The predicted octanol–water partition coefficient (Wildman–Crippen LogP) is 3.77. The van der Waals surface area contributed by atoms with Crippen LogP contribution in [-0.2, 0) is 32.0 Å². The van der Waals surface area contributed by atoms with Crippen LogP contribution in [0.2, 0.25) is 0 Å². The summed E-state index contributed by atoms with van der Waals surface area (Å²) < 4.78 is 5.45. The molecule has 0 saturated carbocycles. The standard InChI is InChI=1S/C31H40N2O5/c1-3-5-17-27(20-24-13-8-6-9-14-24)31(37)38-19-18-32-30(36)26(12-4-2)22-29(35)33-28(23-34)21-25-15-10-7-11-16-25/h3-4,6-11,13-16,26-28,34H,1-2,5,12,17-23H2,(H,32,36)(H,33,35)/t26-,27-,28-/m1/s1. The fraction of sp³-hybridized carbons (Fsp3) is 0.387. The fourth-order valence-corrected chi connectivity index (χ4v) is 4.16. The van der Waals surface area contributed by atoms with Gasteiger partial charge in [0.2, 0.25) is 11.8 Å². The van der Waals surface area contributed by atoms with Gasteiger partial charge in [0.15, 0.2) is 0 Å². The van der Waals surface area contributed by atoms with E-state index < -0.39 is 12.0 Å². The van der Waals surface area contributed by atoms with Gasteiger partial charge in [-0.2, -0.15) is 0 Å². The molecule has 0 saturated heterocycles. The number of hydrogen-bond acceptors (Lipinski definition) is 5. The van der Waals surface area contributed by atoms with Gasteiger partial charge >= 0.3 is 5.97 Å². The molecule has 7 heteroatoms. The van der Waals surface area contributed by atoms with Gasteiger partial charge in [-0.15, -0.1) is 13.2 Å². The van der Waals surface area contributed by atoms with E-state index in [4.69, 9.17) is 4.74 Å². The van der Waals surface area contributed by atoms with Crippen LogP contribution in [0.5, 0.6) is 0 Å². The second-order valence-corrected chi connectivity index (χ2v) is 9.27. The van der Waals surface area contributed by atoms with Crippen LogP contribution in [0.3, 0.4) is 0 Å². The summed E-state index contributed by atoms with van der Waals surface area (Å²) in [6.07, 6.45) is 6.08. The summed E-state index contributed by atoms with van der Waals surface area (Å²) in [6.45, 7) is 7.41. The molecule has 3 atom stereocenters. The van der Waals surface area contributed by atoms with Gasteiger partial charge in [-0.25, -0.2) is 0 Å². The van der Waals surface area contributed by atoms with E-state index in [2.05, 4.69) is 23.8 Å². The minimum absolute atomic E-state index is 0.0381. The van der Waals surface area contributed by atoms with Crippen molar-refractivity contribution in [3.05, 3.63) is 97.1 Å². The van der Waals surface area contributed by atoms with Crippen molar-refractivity contribution >= 4 is 17.8 Å². The highest BCUT2D eigenvalue weighted by atomic mass is 16.5. The lowest BCUT2D eigenvalue weighted by Gasteiger charge is -2.20. The Morgan fingerprint density at radius 1 is 0.895 bits per heavy atom. The van der Waals surface area contributed by atoms with E-state index >= 15 is 0 Å². The Morgan fingerprint density at radius 3 is 2.11 bits per heavy atom. The second-order valence-electron chi connectivity index (χ2n) is 9.27. The Balaban J connectivity index is 1.80. The summed E-state index contributed by atoms with van der Waals surface area (Å²) in [4.78, 5) is 38.0. The number of allylic oxidation sites excluding steroid dienone is 2. The van der Waals surface area contributed by atoms with Crippen molar-refractivity contribution in [2.24, 2.45) is 11.8 Å². The average molecular weight is 521 g/mol. The molecule has 0 fully saturated rings. The molecule has 2 amide bonds. The Bertz CT molecular complexity index is 1010. The van der Waals surface area contributed by atoms with E-state index in [0.29, 0.717) is 32.1 Å². The molecule has 0 aliphatic carbocycles. The van der Waals surface area contributed by atoms with Crippen LogP contribution in [0.25, 0.3) is 0 Å². The Labute approximate surface area is 226 Å². The molecule has 3 N–H and O–H groups in total. The largest absolute Gasteiger partial charge is 0.464 e. The normalized spacial score (nSPS) is 13.0. The number of carbonyl (C=O) groups is 3. The lowest BCUT2D eigenvalue weighted by atomic mass is 9.95. The molecular weight excluding hydrogens is 480 g/mol. The van der Waals surface area contributed by atoms with Gasteiger partial charge in [0, 0.05) is 6.42 Å². The van der Waals surface area contributed by atoms with Crippen LogP contribution in [0.4, 0.5) is 0 Å². The average Bonchev–Trinajstić information content (AvgIpc) is 2.93. The van der Waals surface area contributed by atoms with Crippen molar-refractivity contribution < 1.29 is 24.2 Å². The zero-order chi connectivity index (χ0) is 27.6. The number of esters is 1. The fourth-order valence-electron chi connectivity index (χ4n) is 4.16. The van der Waals surface area contributed by atoms with Crippen molar-refractivity contribution in [1.82, 2.24) is 10.6 Å². The van der Waals surface area contributed by atoms with Gasteiger partial charge in [0.25, 0.3) is 0 Å². The van der Waals surface area contributed by atoms with Gasteiger partial charge in [-0.05, 0) is 43.2 Å². The quantitative estimate of drug-likeness (QED) is 0.158. The molecule has 2 aromatic rings. The summed E-state index contributed by atoms with van der Waals surface area (Å²) in [7, 11) is 0. The highest BCUT2D eigenvalue weighted by Gasteiger charge is 2.23.